The number of nitrogens with one attached hydrogen (secondary N) is 2. The largest absolute Gasteiger partial charge is 0.348 e. The zero-order chi connectivity index (χ0) is 13.7. The van der Waals surface area contributed by atoms with Crippen molar-refractivity contribution in [2.24, 2.45) is 0 Å². The topological polar surface area (TPSA) is 70.7 Å². The zero-order valence-corrected chi connectivity index (χ0v) is 12.7. The molecule has 0 bridgehead atoms. The number of hydrogen-bond donors (Lipinski definition) is 2. The number of halogens is 1. The highest BCUT2D eigenvalue weighted by atomic mass is 79.9. The first-order valence-electron chi connectivity index (χ1n) is 5.65. The quantitative estimate of drug-likeness (QED) is 0.819. The van der Waals surface area contributed by atoms with Crippen LogP contribution in [0.25, 0.3) is 0 Å². The Morgan fingerprint density at radius 1 is 1.53 bits per heavy atom. The summed E-state index contributed by atoms with van der Waals surface area (Å²) in [5.41, 5.74) is 1.16. The summed E-state index contributed by atoms with van der Waals surface area (Å²) in [7, 11) is 0. The SMILES string of the molecule is Cc1cc(Br)ccc1SCC(=O)NCc1ncn[nH]1. The zero-order valence-electron chi connectivity index (χ0n) is 10.3. The first-order valence-corrected chi connectivity index (χ1v) is 7.43. The van der Waals surface area contributed by atoms with Gasteiger partial charge in [-0.1, -0.05) is 15.9 Å². The average Bonchev–Trinajstić information content (AvgIpc) is 2.88. The van der Waals surface area contributed by atoms with E-state index in [1.165, 1.54) is 18.1 Å². The van der Waals surface area contributed by atoms with Crippen LogP contribution < -0.4 is 5.32 Å². The van der Waals surface area contributed by atoms with Crippen molar-refractivity contribution in [3.05, 3.63) is 40.4 Å². The van der Waals surface area contributed by atoms with Gasteiger partial charge in [-0.3, -0.25) is 9.89 Å². The lowest BCUT2D eigenvalue weighted by atomic mass is 10.2. The fourth-order valence-electron chi connectivity index (χ4n) is 1.47. The number of thioether (sulfide) groups is 1. The van der Waals surface area contributed by atoms with Gasteiger partial charge >= 0.3 is 0 Å². The number of aryl methyl sites for hydroxylation is 1. The molecule has 0 atom stereocenters. The maximum absolute atomic E-state index is 11.7. The molecule has 1 heterocycles. The third-order valence-electron chi connectivity index (χ3n) is 2.41. The number of aromatic nitrogens is 3. The van der Waals surface area contributed by atoms with Crippen LogP contribution in [-0.4, -0.2) is 26.8 Å². The van der Waals surface area contributed by atoms with Crippen molar-refractivity contribution in [3.63, 3.8) is 0 Å². The van der Waals surface area contributed by atoms with Gasteiger partial charge in [-0.2, -0.15) is 5.10 Å². The lowest BCUT2D eigenvalue weighted by Crippen LogP contribution is -2.25. The number of carbonyl (C=O) groups excluding carboxylic acids is 1. The molecule has 2 N–H and O–H groups in total. The molecule has 0 fully saturated rings. The molecule has 2 aromatic rings. The van der Waals surface area contributed by atoms with E-state index in [9.17, 15) is 4.79 Å². The van der Waals surface area contributed by atoms with Gasteiger partial charge in [-0.25, -0.2) is 4.98 Å². The summed E-state index contributed by atoms with van der Waals surface area (Å²) in [5, 5.41) is 9.19. The molecule has 1 amide bonds. The van der Waals surface area contributed by atoms with Crippen LogP contribution in [0.4, 0.5) is 0 Å². The number of H-pyrrole nitrogens is 1. The number of benzene rings is 1. The number of amides is 1. The Morgan fingerprint density at radius 3 is 3.05 bits per heavy atom. The molecule has 5 nitrogen and oxygen atoms in total. The average molecular weight is 341 g/mol. The second kappa shape index (κ2) is 6.72. The third kappa shape index (κ3) is 4.36. The summed E-state index contributed by atoms with van der Waals surface area (Å²) in [6.45, 7) is 2.40. The van der Waals surface area contributed by atoms with Crippen molar-refractivity contribution >= 4 is 33.6 Å². The molecule has 0 aliphatic rings. The van der Waals surface area contributed by atoms with E-state index in [-0.39, 0.29) is 5.91 Å². The molecule has 100 valence electrons. The highest BCUT2D eigenvalue weighted by molar-refractivity contribution is 9.10. The predicted octanol–water partition coefficient (Wildman–Crippen LogP) is 2.28. The van der Waals surface area contributed by atoms with Gasteiger partial charge in [0, 0.05) is 9.37 Å². The highest BCUT2D eigenvalue weighted by Crippen LogP contribution is 2.24. The number of carbonyl (C=O) groups is 1. The second-order valence-corrected chi connectivity index (χ2v) is 5.84. The molecule has 0 saturated heterocycles. The third-order valence-corrected chi connectivity index (χ3v) is 4.08. The van der Waals surface area contributed by atoms with E-state index in [4.69, 9.17) is 0 Å². The van der Waals surface area contributed by atoms with Gasteiger partial charge in [0.15, 0.2) is 0 Å². The van der Waals surface area contributed by atoms with Gasteiger partial charge in [-0.15, -0.1) is 11.8 Å². The number of hydrogen-bond acceptors (Lipinski definition) is 4. The molecule has 1 aromatic heterocycles. The van der Waals surface area contributed by atoms with Crippen LogP contribution in [0.1, 0.15) is 11.4 Å². The van der Waals surface area contributed by atoms with E-state index < -0.39 is 0 Å². The highest BCUT2D eigenvalue weighted by Gasteiger charge is 2.06. The fraction of sp³-hybridized carbons (Fsp3) is 0.250. The van der Waals surface area contributed by atoms with E-state index in [2.05, 4.69) is 36.4 Å². The Kier molecular flexibility index (Phi) is 4.98. The molecule has 19 heavy (non-hydrogen) atoms. The molecule has 0 unspecified atom stereocenters. The molecule has 0 aliphatic heterocycles. The summed E-state index contributed by atoms with van der Waals surface area (Å²) in [5.74, 6) is 1.01. The van der Waals surface area contributed by atoms with E-state index in [1.807, 2.05) is 25.1 Å². The van der Waals surface area contributed by atoms with Crippen molar-refractivity contribution in [2.75, 3.05) is 5.75 Å². The maximum atomic E-state index is 11.7. The van der Waals surface area contributed by atoms with Crippen molar-refractivity contribution in [1.82, 2.24) is 20.5 Å². The van der Waals surface area contributed by atoms with Gasteiger partial charge in [0.2, 0.25) is 5.91 Å². The standard InChI is InChI=1S/C12H13BrN4OS/c1-8-4-9(13)2-3-10(8)19-6-12(18)14-5-11-15-7-16-17-11/h2-4,7H,5-6H2,1H3,(H,14,18)(H,15,16,17). The predicted molar refractivity (Wildman–Crippen MR) is 77.8 cm³/mol. The number of nitrogens with zero attached hydrogens (tertiary/aromatic N) is 2. The molecule has 2 rings (SSSR count). The van der Waals surface area contributed by atoms with E-state index in [0.29, 0.717) is 18.1 Å². The molecule has 0 saturated carbocycles. The molecule has 0 aliphatic carbocycles. The van der Waals surface area contributed by atoms with Gasteiger partial charge in [-0.05, 0) is 30.7 Å². The van der Waals surface area contributed by atoms with Crippen LogP contribution in [0, 0.1) is 6.92 Å². The van der Waals surface area contributed by atoms with Gasteiger partial charge < -0.3 is 5.32 Å². The maximum Gasteiger partial charge on any atom is 0.230 e. The molecule has 1 aromatic carbocycles. The van der Waals surface area contributed by atoms with Crippen LogP contribution in [-0.2, 0) is 11.3 Å². The molecular weight excluding hydrogens is 328 g/mol. The number of rotatable bonds is 5. The Labute approximate surface area is 123 Å². The van der Waals surface area contributed by atoms with E-state index in [0.717, 1.165) is 14.9 Å². The molecule has 0 radical (unpaired) electrons. The molecule has 0 spiro atoms. The minimum absolute atomic E-state index is 0.0243. The summed E-state index contributed by atoms with van der Waals surface area (Å²) in [6, 6.07) is 6.02. The van der Waals surface area contributed by atoms with Gasteiger partial charge in [0.25, 0.3) is 0 Å². The normalized spacial score (nSPS) is 10.4. The number of aromatic amines is 1. The minimum Gasteiger partial charge on any atom is -0.348 e. The summed E-state index contributed by atoms with van der Waals surface area (Å²) < 4.78 is 1.05. The lowest BCUT2D eigenvalue weighted by Gasteiger charge is -2.06. The van der Waals surface area contributed by atoms with Crippen molar-refractivity contribution in [3.8, 4) is 0 Å². The van der Waals surface area contributed by atoms with Crippen molar-refractivity contribution < 1.29 is 4.79 Å². The smallest absolute Gasteiger partial charge is 0.230 e. The second-order valence-electron chi connectivity index (χ2n) is 3.91. The monoisotopic (exact) mass is 340 g/mol. The van der Waals surface area contributed by atoms with E-state index in [1.54, 1.807) is 0 Å². The van der Waals surface area contributed by atoms with Crippen LogP contribution in [0.2, 0.25) is 0 Å². The molecule has 7 heteroatoms. The summed E-state index contributed by atoms with van der Waals surface area (Å²) >= 11 is 4.94. The Hall–Kier alpha value is -1.34. The van der Waals surface area contributed by atoms with Crippen molar-refractivity contribution in [2.45, 2.75) is 18.4 Å². The first kappa shape index (κ1) is 14.1. The van der Waals surface area contributed by atoms with Crippen LogP contribution in [0.15, 0.2) is 33.9 Å². The summed E-state index contributed by atoms with van der Waals surface area (Å²) in [4.78, 5) is 16.7. The minimum atomic E-state index is -0.0243. The Balaban J connectivity index is 1.80. The Bertz CT molecular complexity index is 559. The van der Waals surface area contributed by atoms with Crippen LogP contribution in [0.5, 0.6) is 0 Å². The van der Waals surface area contributed by atoms with Gasteiger partial charge in [0.1, 0.15) is 12.2 Å². The lowest BCUT2D eigenvalue weighted by molar-refractivity contribution is -0.118. The van der Waals surface area contributed by atoms with Crippen molar-refractivity contribution in [1.29, 1.82) is 0 Å². The first-order chi connectivity index (χ1) is 9.15. The van der Waals surface area contributed by atoms with Gasteiger partial charge in [0.05, 0.1) is 12.3 Å². The van der Waals surface area contributed by atoms with Crippen LogP contribution >= 0.6 is 27.7 Å². The fourth-order valence-corrected chi connectivity index (χ4v) is 2.78. The van der Waals surface area contributed by atoms with Crippen LogP contribution in [0.3, 0.4) is 0 Å². The van der Waals surface area contributed by atoms with E-state index >= 15 is 0 Å². The molecular formula is C12H13BrN4OS. The Morgan fingerprint density at radius 2 is 2.37 bits per heavy atom. The summed E-state index contributed by atoms with van der Waals surface area (Å²) in [6.07, 6.45) is 1.42.